The minimum Gasteiger partial charge on any atom is -0.329 e. The van der Waals surface area contributed by atoms with Crippen LogP contribution in [0.2, 0.25) is 0 Å². The third kappa shape index (κ3) is 1.97. The van der Waals surface area contributed by atoms with Gasteiger partial charge in [-0.3, -0.25) is 4.79 Å². The summed E-state index contributed by atoms with van der Waals surface area (Å²) in [6.45, 7) is 1.35. The summed E-state index contributed by atoms with van der Waals surface area (Å²) in [6.07, 6.45) is 2.94. The number of nitrogen functional groups attached to an aromatic ring is 1. The minimum absolute atomic E-state index is 0.0686. The van der Waals surface area contributed by atoms with Crippen molar-refractivity contribution < 1.29 is 9.18 Å². The summed E-state index contributed by atoms with van der Waals surface area (Å²) in [5.74, 6) is 4.49. The molecule has 2 aromatic rings. The molecular formula is C11H12FN7O. The Balaban J connectivity index is 1.87. The number of carbonyl (C=O) groups excluding carboxylic acids is 1. The molecule has 1 aliphatic heterocycles. The minimum atomic E-state index is -0.757. The number of fused-ring (bicyclic) bond motifs is 1. The van der Waals surface area contributed by atoms with Crippen molar-refractivity contribution >= 4 is 11.7 Å². The Morgan fingerprint density at radius 3 is 3.10 bits per heavy atom. The van der Waals surface area contributed by atoms with Crippen molar-refractivity contribution in [1.29, 1.82) is 0 Å². The molecule has 1 amide bonds. The maximum Gasteiger partial charge on any atom is 0.257 e. The first-order valence-electron chi connectivity index (χ1n) is 5.98. The molecule has 1 aliphatic rings. The monoisotopic (exact) mass is 277 g/mol. The maximum absolute atomic E-state index is 14.0. The summed E-state index contributed by atoms with van der Waals surface area (Å²) in [4.78, 5) is 17.6. The number of halogens is 1. The van der Waals surface area contributed by atoms with E-state index in [0.717, 1.165) is 0 Å². The number of pyridine rings is 1. The lowest BCUT2D eigenvalue weighted by Gasteiger charge is -2.27. The van der Waals surface area contributed by atoms with Gasteiger partial charge in [0.1, 0.15) is 6.33 Å². The van der Waals surface area contributed by atoms with Crippen molar-refractivity contribution in [2.75, 3.05) is 12.0 Å². The van der Waals surface area contributed by atoms with Gasteiger partial charge in [-0.05, 0) is 6.07 Å². The number of hydrogen-bond donors (Lipinski definition) is 2. The quantitative estimate of drug-likeness (QED) is 0.580. The summed E-state index contributed by atoms with van der Waals surface area (Å²) in [5, 5.41) is 7.70. The number of anilines is 1. The van der Waals surface area contributed by atoms with E-state index >= 15 is 0 Å². The van der Waals surface area contributed by atoms with Gasteiger partial charge in [0.15, 0.2) is 17.5 Å². The molecule has 3 heterocycles. The molecule has 0 radical (unpaired) electrons. The predicted octanol–water partition coefficient (Wildman–Crippen LogP) is -0.246. The fraction of sp³-hybridized carbons (Fsp3) is 0.273. The Bertz CT molecular complexity index is 656. The molecule has 0 saturated carbocycles. The molecule has 3 N–H and O–H groups in total. The zero-order chi connectivity index (χ0) is 14.1. The normalized spacial score (nSPS) is 14.0. The van der Waals surface area contributed by atoms with E-state index in [0.29, 0.717) is 25.5 Å². The highest BCUT2D eigenvalue weighted by Crippen LogP contribution is 2.18. The second-order valence-corrected chi connectivity index (χ2v) is 4.33. The molecule has 2 aromatic heterocycles. The Morgan fingerprint density at radius 1 is 1.45 bits per heavy atom. The van der Waals surface area contributed by atoms with Gasteiger partial charge in [-0.25, -0.2) is 15.2 Å². The molecule has 0 saturated heterocycles. The smallest absolute Gasteiger partial charge is 0.257 e. The van der Waals surface area contributed by atoms with Crippen LogP contribution in [0.5, 0.6) is 0 Å². The van der Waals surface area contributed by atoms with Crippen LogP contribution in [-0.2, 0) is 13.1 Å². The number of hydrogen-bond acceptors (Lipinski definition) is 6. The number of nitrogens with zero attached hydrogens (tertiary/aromatic N) is 5. The van der Waals surface area contributed by atoms with E-state index in [4.69, 9.17) is 5.84 Å². The topological polar surface area (TPSA) is 102 Å². The van der Waals surface area contributed by atoms with Crippen LogP contribution in [0, 0.1) is 5.82 Å². The number of amides is 1. The van der Waals surface area contributed by atoms with Crippen molar-refractivity contribution in [2.24, 2.45) is 5.84 Å². The molecule has 0 aliphatic carbocycles. The second kappa shape index (κ2) is 4.85. The van der Waals surface area contributed by atoms with Gasteiger partial charge in [-0.2, -0.15) is 0 Å². The zero-order valence-corrected chi connectivity index (χ0v) is 10.5. The zero-order valence-electron chi connectivity index (χ0n) is 10.5. The first-order valence-corrected chi connectivity index (χ1v) is 5.98. The van der Waals surface area contributed by atoms with Crippen molar-refractivity contribution in [3.05, 3.63) is 35.8 Å². The molecule has 20 heavy (non-hydrogen) atoms. The molecule has 0 spiro atoms. The van der Waals surface area contributed by atoms with Crippen LogP contribution in [-0.4, -0.2) is 37.1 Å². The fourth-order valence-electron chi connectivity index (χ4n) is 2.12. The van der Waals surface area contributed by atoms with E-state index in [1.54, 1.807) is 6.33 Å². The van der Waals surface area contributed by atoms with E-state index in [1.807, 2.05) is 4.57 Å². The van der Waals surface area contributed by atoms with Crippen LogP contribution < -0.4 is 11.3 Å². The molecule has 0 atom stereocenters. The molecule has 104 valence electrons. The van der Waals surface area contributed by atoms with Crippen molar-refractivity contribution in [1.82, 2.24) is 24.6 Å². The molecule has 0 fully saturated rings. The largest absolute Gasteiger partial charge is 0.329 e. The predicted molar refractivity (Wildman–Crippen MR) is 66.8 cm³/mol. The lowest BCUT2D eigenvalue weighted by Crippen LogP contribution is -2.38. The number of rotatable bonds is 2. The third-order valence-corrected chi connectivity index (χ3v) is 3.18. The van der Waals surface area contributed by atoms with Crippen molar-refractivity contribution in [3.63, 3.8) is 0 Å². The summed E-state index contributed by atoms with van der Waals surface area (Å²) >= 11 is 0. The molecule has 8 nitrogen and oxygen atoms in total. The standard InChI is InChI=1S/C11H12FN7O/c12-9-7(1-2-14-10(9)16-13)11(20)18-3-4-19-6-15-17-8(19)5-18/h1-2,6H,3-5,13H2,(H,14,16). The Morgan fingerprint density at radius 2 is 2.30 bits per heavy atom. The van der Waals surface area contributed by atoms with E-state index in [1.165, 1.54) is 17.2 Å². The number of hydrazine groups is 1. The van der Waals surface area contributed by atoms with Crippen molar-refractivity contribution in [3.8, 4) is 0 Å². The van der Waals surface area contributed by atoms with Crippen molar-refractivity contribution in [2.45, 2.75) is 13.1 Å². The Labute approximate surface area is 113 Å². The number of nitrogens with two attached hydrogens (primary N) is 1. The molecule has 0 bridgehead atoms. The van der Waals surface area contributed by atoms with Gasteiger partial charge < -0.3 is 14.9 Å². The van der Waals surface area contributed by atoms with Gasteiger partial charge in [-0.1, -0.05) is 0 Å². The van der Waals surface area contributed by atoms with Crippen LogP contribution in [0.25, 0.3) is 0 Å². The van der Waals surface area contributed by atoms with Gasteiger partial charge >= 0.3 is 0 Å². The maximum atomic E-state index is 14.0. The van der Waals surface area contributed by atoms with E-state index in [9.17, 15) is 9.18 Å². The second-order valence-electron chi connectivity index (χ2n) is 4.33. The third-order valence-electron chi connectivity index (χ3n) is 3.18. The number of aromatic nitrogens is 4. The van der Waals surface area contributed by atoms with Crippen LogP contribution in [0.4, 0.5) is 10.2 Å². The molecule has 0 unspecified atom stereocenters. The average molecular weight is 277 g/mol. The first kappa shape index (κ1) is 12.5. The van der Waals surface area contributed by atoms with E-state index < -0.39 is 11.7 Å². The Hall–Kier alpha value is -2.55. The van der Waals surface area contributed by atoms with Crippen LogP contribution in [0.15, 0.2) is 18.6 Å². The highest BCUT2D eigenvalue weighted by molar-refractivity contribution is 5.95. The number of nitrogens with one attached hydrogen (secondary N) is 1. The molecular weight excluding hydrogens is 265 g/mol. The SMILES string of the molecule is NNc1nccc(C(=O)N2CCn3cnnc3C2)c1F. The van der Waals surface area contributed by atoms with Gasteiger partial charge in [0.05, 0.1) is 12.1 Å². The summed E-state index contributed by atoms with van der Waals surface area (Å²) in [6, 6.07) is 1.33. The molecule has 3 rings (SSSR count). The lowest BCUT2D eigenvalue weighted by atomic mass is 10.2. The van der Waals surface area contributed by atoms with Crippen LogP contribution in [0.1, 0.15) is 16.2 Å². The van der Waals surface area contributed by atoms with Crippen LogP contribution >= 0.6 is 0 Å². The lowest BCUT2D eigenvalue weighted by molar-refractivity contribution is 0.0702. The van der Waals surface area contributed by atoms with Gasteiger partial charge in [0.2, 0.25) is 0 Å². The highest BCUT2D eigenvalue weighted by Gasteiger charge is 2.25. The fourth-order valence-corrected chi connectivity index (χ4v) is 2.12. The first-order chi connectivity index (χ1) is 9.70. The average Bonchev–Trinajstić information content (AvgIpc) is 2.94. The van der Waals surface area contributed by atoms with Gasteiger partial charge in [0, 0.05) is 19.3 Å². The van der Waals surface area contributed by atoms with E-state index in [-0.39, 0.29) is 11.4 Å². The van der Waals surface area contributed by atoms with Crippen LogP contribution in [0.3, 0.4) is 0 Å². The summed E-state index contributed by atoms with van der Waals surface area (Å²) in [5.41, 5.74) is 2.05. The van der Waals surface area contributed by atoms with E-state index in [2.05, 4.69) is 20.6 Å². The number of carbonyl (C=O) groups is 1. The van der Waals surface area contributed by atoms with Gasteiger partial charge in [0.25, 0.3) is 5.91 Å². The molecule has 0 aromatic carbocycles. The Kier molecular flexibility index (Phi) is 3.03. The summed E-state index contributed by atoms with van der Waals surface area (Å²) < 4.78 is 15.9. The molecule has 9 heteroatoms. The summed E-state index contributed by atoms with van der Waals surface area (Å²) in [7, 11) is 0. The highest BCUT2D eigenvalue weighted by atomic mass is 19.1. The van der Waals surface area contributed by atoms with Gasteiger partial charge in [-0.15, -0.1) is 10.2 Å².